The summed E-state index contributed by atoms with van der Waals surface area (Å²) in [6.45, 7) is 3.14. The minimum absolute atomic E-state index is 0.0425. The zero-order valence-electron chi connectivity index (χ0n) is 15.2. The first kappa shape index (κ1) is 20.0. The summed E-state index contributed by atoms with van der Waals surface area (Å²) in [4.78, 5) is 20.2. The Labute approximate surface area is 166 Å². The number of amidine groups is 1. The smallest absolute Gasteiger partial charge is 0.287 e. The highest BCUT2D eigenvalue weighted by atomic mass is 35.5. The standard InChI is InChI=1S/C19H20ClFN4O3/c1-11-10-27-7-6-17(11)28-19(22)25-16-8-13(3-4-14(16)21)24-18(26)15-5-2-12(20)9-23-15/h2-5,8-9,11,17H,6-7,10H2,1H3,(H2,22,25)(H,24,26)/t11-,17?/m0/s1. The Hall–Kier alpha value is -2.71. The number of halogens is 2. The summed E-state index contributed by atoms with van der Waals surface area (Å²) in [5.41, 5.74) is 6.31. The Morgan fingerprint density at radius 1 is 1.43 bits per heavy atom. The van der Waals surface area contributed by atoms with Crippen molar-refractivity contribution in [3.63, 3.8) is 0 Å². The summed E-state index contributed by atoms with van der Waals surface area (Å²) in [5, 5.41) is 3.05. The molecular formula is C19H20ClFN4O3. The number of rotatable bonds is 4. The van der Waals surface area contributed by atoms with Crippen LogP contribution < -0.4 is 11.1 Å². The van der Waals surface area contributed by atoms with Gasteiger partial charge in [-0.2, -0.15) is 4.99 Å². The second kappa shape index (κ2) is 8.99. The number of carbonyl (C=O) groups excluding carboxylic acids is 1. The fraction of sp³-hybridized carbons (Fsp3) is 0.316. The predicted molar refractivity (Wildman–Crippen MR) is 104 cm³/mol. The molecule has 0 aliphatic carbocycles. The average molecular weight is 407 g/mol. The Morgan fingerprint density at radius 3 is 2.96 bits per heavy atom. The second-order valence-corrected chi connectivity index (χ2v) is 6.87. The molecule has 148 valence electrons. The molecule has 0 bridgehead atoms. The van der Waals surface area contributed by atoms with Crippen LogP contribution in [0.1, 0.15) is 23.8 Å². The van der Waals surface area contributed by atoms with E-state index in [9.17, 15) is 9.18 Å². The van der Waals surface area contributed by atoms with Gasteiger partial charge in [-0.05, 0) is 30.3 Å². The van der Waals surface area contributed by atoms with E-state index in [0.29, 0.717) is 30.3 Å². The number of nitrogens with zero attached hydrogens (tertiary/aromatic N) is 2. The summed E-state index contributed by atoms with van der Waals surface area (Å²) < 4.78 is 25.1. The molecule has 0 saturated carbocycles. The highest BCUT2D eigenvalue weighted by Gasteiger charge is 2.24. The molecule has 0 radical (unpaired) electrons. The third kappa shape index (κ3) is 5.17. The number of nitrogens with two attached hydrogens (primary N) is 1. The minimum Gasteiger partial charge on any atom is -0.461 e. The van der Waals surface area contributed by atoms with E-state index < -0.39 is 11.7 Å². The van der Waals surface area contributed by atoms with Crippen molar-refractivity contribution in [3.8, 4) is 0 Å². The first-order valence-corrected chi connectivity index (χ1v) is 9.11. The molecule has 7 nitrogen and oxygen atoms in total. The number of pyridine rings is 1. The van der Waals surface area contributed by atoms with Crippen LogP contribution in [-0.4, -0.2) is 36.2 Å². The number of aromatic nitrogens is 1. The fourth-order valence-electron chi connectivity index (χ4n) is 2.72. The van der Waals surface area contributed by atoms with Gasteiger partial charge in [-0.1, -0.05) is 18.5 Å². The number of benzene rings is 1. The van der Waals surface area contributed by atoms with Crippen LogP contribution in [0.4, 0.5) is 15.8 Å². The van der Waals surface area contributed by atoms with Gasteiger partial charge in [0.25, 0.3) is 11.9 Å². The number of hydrogen-bond donors (Lipinski definition) is 2. The number of anilines is 1. The lowest BCUT2D eigenvalue weighted by atomic mass is 10.0. The Balaban J connectivity index is 1.71. The van der Waals surface area contributed by atoms with Crippen LogP contribution in [0.2, 0.25) is 5.02 Å². The molecule has 2 atom stereocenters. The molecule has 2 heterocycles. The van der Waals surface area contributed by atoms with Crippen molar-refractivity contribution in [2.24, 2.45) is 16.6 Å². The Morgan fingerprint density at radius 2 is 2.25 bits per heavy atom. The van der Waals surface area contributed by atoms with E-state index >= 15 is 0 Å². The maximum absolute atomic E-state index is 14.1. The number of ether oxygens (including phenoxy) is 2. The van der Waals surface area contributed by atoms with Gasteiger partial charge in [0, 0.05) is 24.2 Å². The van der Waals surface area contributed by atoms with E-state index in [1.165, 1.54) is 30.5 Å². The van der Waals surface area contributed by atoms with Crippen LogP contribution >= 0.6 is 11.6 Å². The number of nitrogens with one attached hydrogen (secondary N) is 1. The second-order valence-electron chi connectivity index (χ2n) is 6.43. The molecule has 1 unspecified atom stereocenters. The molecule has 2 aromatic rings. The van der Waals surface area contributed by atoms with Crippen molar-refractivity contribution >= 4 is 34.9 Å². The number of hydrogen-bond acceptors (Lipinski definition) is 5. The van der Waals surface area contributed by atoms with Gasteiger partial charge in [0.1, 0.15) is 23.3 Å². The van der Waals surface area contributed by atoms with Crippen molar-refractivity contribution in [1.29, 1.82) is 0 Å². The van der Waals surface area contributed by atoms with Crippen molar-refractivity contribution in [3.05, 3.63) is 53.1 Å². The summed E-state index contributed by atoms with van der Waals surface area (Å²) in [7, 11) is 0. The molecule has 28 heavy (non-hydrogen) atoms. The topological polar surface area (TPSA) is 98.8 Å². The number of aliphatic imine (C=N–C) groups is 1. The molecule has 1 aromatic carbocycles. The Kier molecular flexibility index (Phi) is 6.43. The lowest BCUT2D eigenvalue weighted by Crippen LogP contribution is -2.36. The normalized spacial score (nSPS) is 19.9. The van der Waals surface area contributed by atoms with Crippen molar-refractivity contribution in [1.82, 2.24) is 4.98 Å². The van der Waals surface area contributed by atoms with Crippen molar-refractivity contribution in [2.75, 3.05) is 18.5 Å². The largest absolute Gasteiger partial charge is 0.461 e. The monoisotopic (exact) mass is 406 g/mol. The van der Waals surface area contributed by atoms with E-state index in [4.69, 9.17) is 26.8 Å². The van der Waals surface area contributed by atoms with Crippen LogP contribution in [0.25, 0.3) is 0 Å². The first-order chi connectivity index (χ1) is 13.4. The van der Waals surface area contributed by atoms with Gasteiger partial charge in [-0.15, -0.1) is 0 Å². The molecular weight excluding hydrogens is 387 g/mol. The first-order valence-electron chi connectivity index (χ1n) is 8.73. The molecule has 3 N–H and O–H groups in total. The van der Waals surface area contributed by atoms with E-state index in [2.05, 4.69) is 15.3 Å². The number of amides is 1. The van der Waals surface area contributed by atoms with Crippen LogP contribution in [0, 0.1) is 11.7 Å². The maximum Gasteiger partial charge on any atom is 0.287 e. The van der Waals surface area contributed by atoms with Crippen molar-refractivity contribution in [2.45, 2.75) is 19.4 Å². The third-order valence-electron chi connectivity index (χ3n) is 4.23. The van der Waals surface area contributed by atoms with Crippen LogP contribution in [0.5, 0.6) is 0 Å². The van der Waals surface area contributed by atoms with Crippen LogP contribution in [0.3, 0.4) is 0 Å². The fourth-order valence-corrected chi connectivity index (χ4v) is 2.83. The van der Waals surface area contributed by atoms with Gasteiger partial charge in [0.15, 0.2) is 0 Å². The highest BCUT2D eigenvalue weighted by molar-refractivity contribution is 6.30. The molecule has 1 saturated heterocycles. The van der Waals surface area contributed by atoms with E-state index in [0.717, 1.165) is 0 Å². The molecule has 0 spiro atoms. The van der Waals surface area contributed by atoms with Crippen molar-refractivity contribution < 1.29 is 18.7 Å². The van der Waals surface area contributed by atoms with E-state index in [-0.39, 0.29) is 29.4 Å². The highest BCUT2D eigenvalue weighted by Crippen LogP contribution is 2.24. The summed E-state index contributed by atoms with van der Waals surface area (Å²) in [6.07, 6.45) is 1.91. The summed E-state index contributed by atoms with van der Waals surface area (Å²) in [5.74, 6) is -0.891. The van der Waals surface area contributed by atoms with Gasteiger partial charge in [-0.25, -0.2) is 9.37 Å². The van der Waals surface area contributed by atoms with Crippen LogP contribution in [0.15, 0.2) is 41.5 Å². The SMILES string of the molecule is C[C@H]1COCCC1O/C(N)=N\c1cc(NC(=O)c2ccc(Cl)cn2)ccc1F. The Bertz CT molecular complexity index is 876. The van der Waals surface area contributed by atoms with Gasteiger partial charge in [0.2, 0.25) is 0 Å². The van der Waals surface area contributed by atoms with Crippen LogP contribution in [-0.2, 0) is 9.47 Å². The summed E-state index contributed by atoms with van der Waals surface area (Å²) in [6, 6.07) is 6.88. The van der Waals surface area contributed by atoms with Gasteiger partial charge < -0.3 is 20.5 Å². The molecule has 9 heteroatoms. The quantitative estimate of drug-likeness (QED) is 0.598. The van der Waals surface area contributed by atoms with E-state index in [1.807, 2.05) is 6.92 Å². The van der Waals surface area contributed by atoms with Gasteiger partial charge in [0.05, 0.1) is 18.2 Å². The minimum atomic E-state index is -0.589. The predicted octanol–water partition coefficient (Wildman–Crippen LogP) is 3.51. The lowest BCUT2D eigenvalue weighted by Gasteiger charge is -2.28. The molecule has 1 amide bonds. The third-order valence-corrected chi connectivity index (χ3v) is 4.45. The molecule has 1 fully saturated rings. The van der Waals surface area contributed by atoms with Gasteiger partial charge in [-0.3, -0.25) is 4.79 Å². The molecule has 1 aliphatic rings. The molecule has 1 aliphatic heterocycles. The average Bonchev–Trinajstić information content (AvgIpc) is 2.67. The number of carbonyl (C=O) groups is 1. The zero-order valence-corrected chi connectivity index (χ0v) is 15.9. The molecule has 3 rings (SSSR count). The maximum atomic E-state index is 14.1. The van der Waals surface area contributed by atoms with Gasteiger partial charge >= 0.3 is 0 Å². The molecule has 1 aromatic heterocycles. The van der Waals surface area contributed by atoms with E-state index in [1.54, 1.807) is 6.07 Å². The zero-order chi connectivity index (χ0) is 20.1. The summed E-state index contributed by atoms with van der Waals surface area (Å²) >= 11 is 5.76. The lowest BCUT2D eigenvalue weighted by molar-refractivity contribution is -0.0223.